The van der Waals surface area contributed by atoms with Crippen molar-refractivity contribution >= 4 is 34.4 Å². The quantitative estimate of drug-likeness (QED) is 0.511. The monoisotopic (exact) mass is 465 g/mol. The molecule has 1 aliphatic heterocycles. The van der Waals surface area contributed by atoms with E-state index >= 15 is 4.39 Å². The molecule has 3 aromatic rings. The van der Waals surface area contributed by atoms with Gasteiger partial charge in [0.05, 0.1) is 17.4 Å². The summed E-state index contributed by atoms with van der Waals surface area (Å²) < 4.78 is 45.8. The van der Waals surface area contributed by atoms with Gasteiger partial charge in [-0.2, -0.15) is 5.10 Å². The van der Waals surface area contributed by atoms with E-state index in [1.807, 2.05) is 4.90 Å². The van der Waals surface area contributed by atoms with Crippen LogP contribution in [0.15, 0.2) is 23.2 Å². The van der Waals surface area contributed by atoms with Crippen molar-refractivity contribution < 1.29 is 18.0 Å². The Morgan fingerprint density at radius 3 is 2.72 bits per heavy atom. The number of anilines is 3. The Morgan fingerprint density at radius 2 is 2.00 bits per heavy atom. The van der Waals surface area contributed by atoms with Gasteiger partial charge in [-0.25, -0.2) is 18.2 Å². The van der Waals surface area contributed by atoms with Crippen LogP contribution < -0.4 is 21.7 Å². The molecule has 0 radical (unpaired) electrons. The number of nitrogens with two attached hydrogens (primary N) is 2. The summed E-state index contributed by atoms with van der Waals surface area (Å²) in [6, 6.07) is 0.577. The number of thiazole rings is 1. The Kier molecular flexibility index (Phi) is 6.07. The van der Waals surface area contributed by atoms with E-state index in [0.717, 1.165) is 6.07 Å². The number of hydrogen-bond acceptors (Lipinski definition) is 7. The zero-order chi connectivity index (χ0) is 23.0. The maximum atomic E-state index is 15.5. The number of aryl methyl sites for hydroxylation is 1. The third-order valence-corrected chi connectivity index (χ3v) is 6.09. The SMILES string of the molecule is Cn1ncc(-c2cc(N)c(F)c(NC(=O)c3cscn3)c2F)c1N1CC[C@@H](F)[C@@H](N)CC1. The van der Waals surface area contributed by atoms with Crippen molar-refractivity contribution in [2.45, 2.75) is 25.1 Å². The fourth-order valence-electron chi connectivity index (χ4n) is 3.76. The number of nitrogen functional groups attached to an aromatic ring is 1. The number of alkyl halides is 1. The minimum absolute atomic E-state index is 0.0292. The first-order chi connectivity index (χ1) is 15.3. The molecule has 1 aliphatic rings. The molecular weight excluding hydrogens is 443 g/mol. The van der Waals surface area contributed by atoms with Gasteiger partial charge in [-0.15, -0.1) is 11.3 Å². The number of carbonyl (C=O) groups excluding carboxylic acids is 1. The van der Waals surface area contributed by atoms with Crippen LogP contribution in [0.1, 0.15) is 23.3 Å². The Bertz CT molecular complexity index is 1120. The van der Waals surface area contributed by atoms with Gasteiger partial charge in [0.25, 0.3) is 5.91 Å². The molecule has 5 N–H and O–H groups in total. The van der Waals surface area contributed by atoms with E-state index < -0.39 is 35.4 Å². The zero-order valence-corrected chi connectivity index (χ0v) is 18.0. The molecule has 32 heavy (non-hydrogen) atoms. The normalized spacial score (nSPS) is 19.1. The van der Waals surface area contributed by atoms with Crippen molar-refractivity contribution in [2.75, 3.05) is 29.0 Å². The van der Waals surface area contributed by atoms with Crippen molar-refractivity contribution in [1.82, 2.24) is 14.8 Å². The predicted molar refractivity (Wildman–Crippen MR) is 117 cm³/mol. The van der Waals surface area contributed by atoms with Crippen LogP contribution in [0.25, 0.3) is 11.1 Å². The maximum absolute atomic E-state index is 15.5. The molecule has 0 aliphatic carbocycles. The zero-order valence-electron chi connectivity index (χ0n) is 17.2. The van der Waals surface area contributed by atoms with Gasteiger partial charge in [0, 0.05) is 42.7 Å². The lowest BCUT2D eigenvalue weighted by atomic mass is 10.0. The number of benzene rings is 1. The Morgan fingerprint density at radius 1 is 1.25 bits per heavy atom. The van der Waals surface area contributed by atoms with Gasteiger partial charge in [-0.05, 0) is 18.9 Å². The van der Waals surface area contributed by atoms with Crippen LogP contribution in [0.2, 0.25) is 0 Å². The highest BCUT2D eigenvalue weighted by atomic mass is 32.1. The highest BCUT2D eigenvalue weighted by Crippen LogP contribution is 2.39. The van der Waals surface area contributed by atoms with Crippen LogP contribution in [0.4, 0.5) is 30.4 Å². The Balaban J connectivity index is 1.75. The van der Waals surface area contributed by atoms with Crippen molar-refractivity contribution in [3.05, 3.63) is 40.5 Å². The second-order valence-corrected chi connectivity index (χ2v) is 8.31. The minimum Gasteiger partial charge on any atom is -0.396 e. The van der Waals surface area contributed by atoms with Crippen molar-refractivity contribution in [3.8, 4) is 11.1 Å². The first-order valence-electron chi connectivity index (χ1n) is 9.92. The lowest BCUT2D eigenvalue weighted by Gasteiger charge is -2.24. The number of nitrogens with one attached hydrogen (secondary N) is 1. The van der Waals surface area contributed by atoms with E-state index in [2.05, 4.69) is 15.4 Å². The number of amides is 1. The Labute approximate surface area is 186 Å². The van der Waals surface area contributed by atoms with Crippen molar-refractivity contribution in [2.24, 2.45) is 12.8 Å². The van der Waals surface area contributed by atoms with Gasteiger partial charge >= 0.3 is 0 Å². The second-order valence-electron chi connectivity index (χ2n) is 7.59. The number of halogens is 3. The molecule has 0 spiro atoms. The van der Waals surface area contributed by atoms with Crippen LogP contribution in [0.3, 0.4) is 0 Å². The molecule has 2 aromatic heterocycles. The number of nitrogens with zero attached hydrogens (tertiary/aromatic N) is 4. The van der Waals surface area contributed by atoms with E-state index in [9.17, 15) is 13.6 Å². The third-order valence-electron chi connectivity index (χ3n) is 5.50. The average molecular weight is 466 g/mol. The molecule has 0 unspecified atom stereocenters. The van der Waals surface area contributed by atoms with Crippen LogP contribution in [-0.2, 0) is 7.05 Å². The highest BCUT2D eigenvalue weighted by molar-refractivity contribution is 7.07. The van der Waals surface area contributed by atoms with Crippen LogP contribution in [0.5, 0.6) is 0 Å². The molecule has 12 heteroatoms. The standard InChI is InChI=1S/C20H22F3N7OS/c1-29-20(30-4-2-12(21)13(24)3-5-30)11(7-27-29)10-6-14(25)17(23)18(16(10)22)28-19(31)15-8-32-9-26-15/h6-9,12-13H,2-5,24-25H2,1H3,(H,28,31)/t12-,13+/m1/s1. The lowest BCUT2D eigenvalue weighted by molar-refractivity contribution is 0.102. The van der Waals surface area contributed by atoms with Crippen molar-refractivity contribution in [3.63, 3.8) is 0 Å². The van der Waals surface area contributed by atoms with E-state index in [1.165, 1.54) is 33.1 Å². The van der Waals surface area contributed by atoms with Gasteiger partial charge in [-0.1, -0.05) is 0 Å². The van der Waals surface area contributed by atoms with Gasteiger partial charge in [0.15, 0.2) is 11.6 Å². The first-order valence-corrected chi connectivity index (χ1v) is 10.9. The summed E-state index contributed by atoms with van der Waals surface area (Å²) in [7, 11) is 1.67. The van der Waals surface area contributed by atoms with Gasteiger partial charge in [0.1, 0.15) is 23.4 Å². The summed E-state index contributed by atoms with van der Waals surface area (Å²) in [6.07, 6.45) is 0.917. The molecule has 170 valence electrons. The van der Waals surface area contributed by atoms with Gasteiger partial charge in [0.2, 0.25) is 0 Å². The minimum atomic E-state index is -1.14. The summed E-state index contributed by atoms with van der Waals surface area (Å²) in [4.78, 5) is 18.1. The topological polar surface area (TPSA) is 115 Å². The Hall–Kier alpha value is -3.12. The van der Waals surface area contributed by atoms with Crippen LogP contribution >= 0.6 is 11.3 Å². The number of aromatic nitrogens is 3. The van der Waals surface area contributed by atoms with E-state index in [4.69, 9.17) is 11.5 Å². The highest BCUT2D eigenvalue weighted by Gasteiger charge is 2.29. The van der Waals surface area contributed by atoms with Gasteiger partial charge in [-0.3, -0.25) is 9.48 Å². The summed E-state index contributed by atoms with van der Waals surface area (Å²) in [6.45, 7) is 0.799. The molecule has 0 bridgehead atoms. The molecule has 1 amide bonds. The first kappa shape index (κ1) is 22.1. The van der Waals surface area contributed by atoms with Crippen LogP contribution in [0, 0.1) is 11.6 Å². The smallest absolute Gasteiger partial charge is 0.275 e. The van der Waals surface area contributed by atoms with E-state index in [1.54, 1.807) is 7.05 Å². The van der Waals surface area contributed by atoms with E-state index in [0.29, 0.717) is 30.9 Å². The summed E-state index contributed by atoms with van der Waals surface area (Å²) in [5.74, 6) is -2.32. The molecule has 1 fully saturated rings. The molecule has 4 rings (SSSR count). The molecule has 3 heterocycles. The molecule has 1 aromatic carbocycles. The average Bonchev–Trinajstić information content (AvgIpc) is 3.40. The number of hydrogen-bond donors (Lipinski definition) is 3. The largest absolute Gasteiger partial charge is 0.396 e. The lowest BCUT2D eigenvalue weighted by Crippen LogP contribution is -2.31. The van der Waals surface area contributed by atoms with E-state index in [-0.39, 0.29) is 23.4 Å². The second kappa shape index (κ2) is 8.79. The predicted octanol–water partition coefficient (Wildman–Crippen LogP) is 2.92. The number of rotatable bonds is 4. The number of carbonyl (C=O) groups is 1. The van der Waals surface area contributed by atoms with Gasteiger partial charge < -0.3 is 21.7 Å². The fraction of sp³-hybridized carbons (Fsp3) is 0.350. The third kappa shape index (κ3) is 4.02. The fourth-order valence-corrected chi connectivity index (χ4v) is 4.30. The molecule has 2 atom stereocenters. The molecule has 0 saturated carbocycles. The molecule has 8 nitrogen and oxygen atoms in total. The summed E-state index contributed by atoms with van der Waals surface area (Å²) in [5, 5.41) is 7.90. The molecule has 1 saturated heterocycles. The maximum Gasteiger partial charge on any atom is 0.275 e. The summed E-state index contributed by atoms with van der Waals surface area (Å²) >= 11 is 1.18. The summed E-state index contributed by atoms with van der Waals surface area (Å²) in [5.41, 5.74) is 12.4. The van der Waals surface area contributed by atoms with Crippen molar-refractivity contribution in [1.29, 1.82) is 0 Å². The molecular formula is C20H22F3N7OS. The van der Waals surface area contributed by atoms with Crippen LogP contribution in [-0.4, -0.2) is 46.0 Å².